The lowest BCUT2D eigenvalue weighted by Crippen LogP contribution is -2.23. The fourth-order valence-electron chi connectivity index (χ4n) is 0.970. The first-order valence-electron chi connectivity index (χ1n) is 4.58. The van der Waals surface area contributed by atoms with Crippen LogP contribution in [0.25, 0.3) is 0 Å². The van der Waals surface area contributed by atoms with Crippen molar-refractivity contribution in [1.29, 1.82) is 0 Å². The average Bonchev–Trinajstić information content (AvgIpc) is 1.98. The van der Waals surface area contributed by atoms with Gasteiger partial charge < -0.3 is 5.73 Å². The molecule has 0 atom stereocenters. The molecule has 0 unspecified atom stereocenters. The molecule has 12 heavy (non-hydrogen) atoms. The summed E-state index contributed by atoms with van der Waals surface area (Å²) in [7, 11) is 0. The lowest BCUT2D eigenvalue weighted by atomic mass is 10.00. The lowest BCUT2D eigenvalue weighted by molar-refractivity contribution is -0.0540. The van der Waals surface area contributed by atoms with Gasteiger partial charge in [0.15, 0.2) is 0 Å². The highest BCUT2D eigenvalue weighted by Crippen LogP contribution is 2.29. The van der Waals surface area contributed by atoms with Crippen molar-refractivity contribution in [2.45, 2.75) is 45.5 Å². The normalized spacial score (nSPS) is 12.5. The maximum atomic E-state index is 12.9. The van der Waals surface area contributed by atoms with E-state index in [0.717, 1.165) is 12.8 Å². The van der Waals surface area contributed by atoms with E-state index in [0.29, 0.717) is 13.0 Å². The van der Waals surface area contributed by atoms with E-state index in [1.54, 1.807) is 13.8 Å². The summed E-state index contributed by atoms with van der Waals surface area (Å²) in [4.78, 5) is 0. The third-order valence-electron chi connectivity index (χ3n) is 2.06. The molecule has 0 aromatic rings. The number of nitrogens with two attached hydrogens (primary N) is 1. The van der Waals surface area contributed by atoms with Gasteiger partial charge in [0, 0.05) is 12.3 Å². The molecule has 74 valence electrons. The van der Waals surface area contributed by atoms with Crippen LogP contribution in [0.2, 0.25) is 0 Å². The van der Waals surface area contributed by atoms with Crippen LogP contribution < -0.4 is 5.73 Å². The second-order valence-electron chi connectivity index (χ2n) is 3.52. The Morgan fingerprint density at radius 2 is 1.75 bits per heavy atom. The van der Waals surface area contributed by atoms with E-state index in [4.69, 9.17) is 5.73 Å². The molecule has 0 amide bonds. The van der Waals surface area contributed by atoms with Crippen LogP contribution in [0.5, 0.6) is 0 Å². The zero-order valence-electron chi connectivity index (χ0n) is 7.95. The van der Waals surface area contributed by atoms with E-state index < -0.39 is 11.8 Å². The van der Waals surface area contributed by atoms with Gasteiger partial charge in [-0.15, -0.1) is 0 Å². The van der Waals surface area contributed by atoms with Crippen molar-refractivity contribution in [3.05, 3.63) is 0 Å². The number of rotatable bonds is 6. The Morgan fingerprint density at radius 3 is 2.17 bits per heavy atom. The summed E-state index contributed by atoms with van der Waals surface area (Å²) in [6.07, 6.45) is 2.26. The number of halogens is 2. The van der Waals surface area contributed by atoms with Crippen LogP contribution in [-0.4, -0.2) is 12.5 Å². The van der Waals surface area contributed by atoms with E-state index >= 15 is 0 Å². The monoisotopic (exact) mass is 179 g/mol. The third-order valence-corrected chi connectivity index (χ3v) is 2.06. The number of hydrogen-bond acceptors (Lipinski definition) is 1. The minimum absolute atomic E-state index is 0.00463. The summed E-state index contributed by atoms with van der Waals surface area (Å²) in [5.74, 6) is -3.04. The molecule has 0 aliphatic carbocycles. The van der Waals surface area contributed by atoms with Gasteiger partial charge >= 0.3 is 0 Å². The van der Waals surface area contributed by atoms with Crippen molar-refractivity contribution in [3.8, 4) is 0 Å². The third kappa shape index (κ3) is 4.65. The molecular weight excluding hydrogens is 160 g/mol. The Balaban J connectivity index is 3.47. The summed E-state index contributed by atoms with van der Waals surface area (Å²) in [5, 5.41) is 0. The molecule has 0 spiro atoms. The molecule has 0 aromatic carbocycles. The molecule has 0 rings (SSSR count). The van der Waals surface area contributed by atoms with Gasteiger partial charge in [-0.05, 0) is 19.4 Å². The van der Waals surface area contributed by atoms with Gasteiger partial charge in [-0.25, -0.2) is 8.78 Å². The highest BCUT2D eigenvalue weighted by atomic mass is 19.3. The molecule has 1 nitrogen and oxygen atoms in total. The molecule has 3 heteroatoms. The molecule has 0 aromatic heterocycles. The Hall–Kier alpha value is -0.180. The second-order valence-corrected chi connectivity index (χ2v) is 3.52. The van der Waals surface area contributed by atoms with Crippen molar-refractivity contribution in [3.63, 3.8) is 0 Å². The molecule has 2 N–H and O–H groups in total. The zero-order chi connectivity index (χ0) is 9.61. The minimum atomic E-state index is -2.49. The van der Waals surface area contributed by atoms with Crippen LogP contribution in [0, 0.1) is 5.92 Å². The van der Waals surface area contributed by atoms with Crippen molar-refractivity contribution >= 4 is 0 Å². The maximum Gasteiger partial charge on any atom is 0.250 e. The predicted molar refractivity (Wildman–Crippen MR) is 47.3 cm³/mol. The Kier molecular flexibility index (Phi) is 5.38. The fraction of sp³-hybridized carbons (Fsp3) is 1.00. The quantitative estimate of drug-likeness (QED) is 0.623. The highest BCUT2D eigenvalue weighted by Gasteiger charge is 2.31. The van der Waals surface area contributed by atoms with Crippen molar-refractivity contribution in [2.75, 3.05) is 6.54 Å². The van der Waals surface area contributed by atoms with Crippen LogP contribution in [0.3, 0.4) is 0 Å². The van der Waals surface area contributed by atoms with E-state index in [-0.39, 0.29) is 6.42 Å². The van der Waals surface area contributed by atoms with E-state index in [2.05, 4.69) is 0 Å². The standard InChI is InChI=1S/C9H19F2N/c1-8(2)9(10,11)6-4-3-5-7-12/h8H,3-7,12H2,1-2H3. The second kappa shape index (κ2) is 5.46. The molecule has 0 radical (unpaired) electrons. The van der Waals surface area contributed by atoms with Crippen molar-refractivity contribution in [1.82, 2.24) is 0 Å². The summed E-state index contributed by atoms with van der Waals surface area (Å²) < 4.78 is 25.9. The fourth-order valence-corrected chi connectivity index (χ4v) is 0.970. The van der Waals surface area contributed by atoms with Gasteiger partial charge in [0.25, 0.3) is 0 Å². The van der Waals surface area contributed by atoms with Crippen LogP contribution in [0.1, 0.15) is 39.5 Å². The van der Waals surface area contributed by atoms with Crippen molar-refractivity contribution < 1.29 is 8.78 Å². The highest BCUT2D eigenvalue weighted by molar-refractivity contribution is 4.69. The SMILES string of the molecule is CC(C)C(F)(F)CCCCCN. The molecule has 0 fully saturated rings. The topological polar surface area (TPSA) is 26.0 Å². The first kappa shape index (κ1) is 11.8. The van der Waals surface area contributed by atoms with E-state index in [9.17, 15) is 8.78 Å². The molecule has 0 aliphatic rings. The first-order chi connectivity index (χ1) is 5.50. The van der Waals surface area contributed by atoms with Gasteiger partial charge in [0.05, 0.1) is 0 Å². The van der Waals surface area contributed by atoms with Crippen LogP contribution >= 0.6 is 0 Å². The van der Waals surface area contributed by atoms with Crippen LogP contribution in [-0.2, 0) is 0 Å². The van der Waals surface area contributed by atoms with Gasteiger partial charge in [0.1, 0.15) is 0 Å². The van der Waals surface area contributed by atoms with Gasteiger partial charge in [-0.1, -0.05) is 20.3 Å². The van der Waals surface area contributed by atoms with Crippen LogP contribution in [0.4, 0.5) is 8.78 Å². The molecule has 0 bridgehead atoms. The maximum absolute atomic E-state index is 12.9. The minimum Gasteiger partial charge on any atom is -0.330 e. The summed E-state index contributed by atoms with van der Waals surface area (Å²) in [6.45, 7) is 3.72. The molecule has 0 aliphatic heterocycles. The van der Waals surface area contributed by atoms with Crippen LogP contribution in [0.15, 0.2) is 0 Å². The predicted octanol–water partition coefficient (Wildman–Crippen LogP) is 2.80. The van der Waals surface area contributed by atoms with Crippen molar-refractivity contribution in [2.24, 2.45) is 11.7 Å². The van der Waals surface area contributed by atoms with Gasteiger partial charge in [-0.3, -0.25) is 0 Å². The van der Waals surface area contributed by atoms with Gasteiger partial charge in [0.2, 0.25) is 5.92 Å². The molecular formula is C9H19F2N. The largest absolute Gasteiger partial charge is 0.330 e. The zero-order valence-corrected chi connectivity index (χ0v) is 7.95. The molecule has 0 saturated carbocycles. The Labute approximate surface area is 73.3 Å². The number of alkyl halides is 2. The number of unbranched alkanes of at least 4 members (excludes halogenated alkanes) is 2. The van der Waals surface area contributed by atoms with E-state index in [1.165, 1.54) is 0 Å². The van der Waals surface area contributed by atoms with E-state index in [1.807, 2.05) is 0 Å². The molecule has 0 heterocycles. The smallest absolute Gasteiger partial charge is 0.250 e. The average molecular weight is 179 g/mol. The Morgan fingerprint density at radius 1 is 1.17 bits per heavy atom. The molecule has 0 saturated heterocycles. The number of hydrogen-bond donors (Lipinski definition) is 1. The Bertz CT molecular complexity index is 113. The summed E-state index contributed by atoms with van der Waals surface area (Å²) in [5.41, 5.74) is 5.25. The lowest BCUT2D eigenvalue weighted by Gasteiger charge is -2.19. The summed E-state index contributed by atoms with van der Waals surface area (Å²) >= 11 is 0. The van der Waals surface area contributed by atoms with Gasteiger partial charge in [-0.2, -0.15) is 0 Å². The summed E-state index contributed by atoms with van der Waals surface area (Å²) in [6, 6.07) is 0. The first-order valence-corrected chi connectivity index (χ1v) is 4.58.